The summed E-state index contributed by atoms with van der Waals surface area (Å²) < 4.78 is 39.4. The maximum absolute atomic E-state index is 12.5. The number of nitrogens with zero attached hydrogens (tertiary/aromatic N) is 6. The molecule has 0 radical (unpaired) electrons. The molecule has 0 saturated carbocycles. The Morgan fingerprint density at radius 1 is 1.08 bits per heavy atom. The quantitative estimate of drug-likeness (QED) is 0.717. The third-order valence-corrected chi connectivity index (χ3v) is 3.99. The van der Waals surface area contributed by atoms with E-state index in [4.69, 9.17) is 0 Å². The molecule has 0 atom stereocenters. The highest BCUT2D eigenvalue weighted by atomic mass is 32.2. The zero-order valence-corrected chi connectivity index (χ0v) is 13.2. The van der Waals surface area contributed by atoms with Gasteiger partial charge in [0.15, 0.2) is 16.7 Å². The van der Waals surface area contributed by atoms with Crippen LogP contribution in [0.2, 0.25) is 0 Å². The molecular weight excluding hydrogens is 341 g/mol. The SMILES string of the molecule is CCn1c(Sc2ccc(C(F)(F)F)nn2)nnc1-c1cccnc1. The Morgan fingerprint density at radius 2 is 1.92 bits per heavy atom. The van der Waals surface area contributed by atoms with Gasteiger partial charge in [-0.25, -0.2) is 0 Å². The molecule has 3 heterocycles. The van der Waals surface area contributed by atoms with E-state index in [-0.39, 0.29) is 0 Å². The van der Waals surface area contributed by atoms with Gasteiger partial charge in [0.05, 0.1) is 0 Å². The molecule has 0 fully saturated rings. The highest BCUT2D eigenvalue weighted by molar-refractivity contribution is 7.99. The maximum atomic E-state index is 12.5. The van der Waals surface area contributed by atoms with Gasteiger partial charge in [0, 0.05) is 24.5 Å². The van der Waals surface area contributed by atoms with E-state index in [1.807, 2.05) is 17.6 Å². The number of pyridine rings is 1. The molecule has 0 aliphatic carbocycles. The van der Waals surface area contributed by atoms with Gasteiger partial charge in [-0.3, -0.25) is 4.98 Å². The van der Waals surface area contributed by atoms with Gasteiger partial charge in [-0.1, -0.05) is 0 Å². The first-order chi connectivity index (χ1) is 11.5. The Bertz CT molecular complexity index is 817. The Balaban J connectivity index is 1.87. The fraction of sp³-hybridized carbons (Fsp3) is 0.214. The molecule has 124 valence electrons. The summed E-state index contributed by atoms with van der Waals surface area (Å²) in [4.78, 5) is 4.05. The van der Waals surface area contributed by atoms with Gasteiger partial charge in [0.25, 0.3) is 0 Å². The van der Waals surface area contributed by atoms with Crippen LogP contribution in [0.15, 0.2) is 46.8 Å². The molecule has 24 heavy (non-hydrogen) atoms. The van der Waals surface area contributed by atoms with Gasteiger partial charge < -0.3 is 4.57 Å². The minimum absolute atomic E-state index is 0.308. The van der Waals surface area contributed by atoms with Crippen molar-refractivity contribution in [1.29, 1.82) is 0 Å². The standard InChI is InChI=1S/C14H11F3N6S/c1-2-23-12(9-4-3-7-18-8-9)21-22-13(23)24-11-6-5-10(19-20-11)14(15,16)17/h3-8H,2H2,1H3. The highest BCUT2D eigenvalue weighted by Crippen LogP contribution is 2.30. The van der Waals surface area contributed by atoms with Crippen molar-refractivity contribution >= 4 is 11.8 Å². The lowest BCUT2D eigenvalue weighted by atomic mass is 10.3. The summed E-state index contributed by atoms with van der Waals surface area (Å²) in [5.74, 6) is 0.632. The number of rotatable bonds is 4. The van der Waals surface area contributed by atoms with Gasteiger partial charge in [-0.15, -0.1) is 20.4 Å². The summed E-state index contributed by atoms with van der Waals surface area (Å²) >= 11 is 1.10. The van der Waals surface area contributed by atoms with E-state index >= 15 is 0 Å². The van der Waals surface area contributed by atoms with E-state index < -0.39 is 11.9 Å². The Morgan fingerprint density at radius 3 is 2.50 bits per heavy atom. The topological polar surface area (TPSA) is 69.4 Å². The molecule has 0 aliphatic rings. The minimum atomic E-state index is -4.51. The molecular formula is C14H11F3N6S. The van der Waals surface area contributed by atoms with Crippen molar-refractivity contribution in [3.05, 3.63) is 42.4 Å². The van der Waals surface area contributed by atoms with Crippen molar-refractivity contribution < 1.29 is 13.2 Å². The second-order valence-electron chi connectivity index (χ2n) is 4.65. The van der Waals surface area contributed by atoms with Crippen LogP contribution in [0.3, 0.4) is 0 Å². The lowest BCUT2D eigenvalue weighted by Gasteiger charge is -2.07. The van der Waals surface area contributed by atoms with Gasteiger partial charge in [0.2, 0.25) is 0 Å². The largest absolute Gasteiger partial charge is 0.435 e. The van der Waals surface area contributed by atoms with Crippen LogP contribution in [0, 0.1) is 0 Å². The summed E-state index contributed by atoms with van der Waals surface area (Å²) in [5.41, 5.74) is -0.225. The van der Waals surface area contributed by atoms with Gasteiger partial charge in [0.1, 0.15) is 5.03 Å². The molecule has 0 amide bonds. The number of hydrogen-bond donors (Lipinski definition) is 0. The third kappa shape index (κ3) is 3.37. The molecule has 0 saturated heterocycles. The monoisotopic (exact) mass is 352 g/mol. The fourth-order valence-electron chi connectivity index (χ4n) is 1.98. The number of halogens is 3. The number of hydrogen-bond acceptors (Lipinski definition) is 6. The molecule has 3 rings (SSSR count). The molecule has 3 aromatic rings. The third-order valence-electron chi connectivity index (χ3n) is 3.08. The van der Waals surface area contributed by atoms with E-state index in [1.165, 1.54) is 6.07 Å². The van der Waals surface area contributed by atoms with E-state index in [0.29, 0.717) is 22.6 Å². The molecule has 0 N–H and O–H groups in total. The lowest BCUT2D eigenvalue weighted by Crippen LogP contribution is -2.09. The highest BCUT2D eigenvalue weighted by Gasteiger charge is 2.33. The first-order valence-corrected chi connectivity index (χ1v) is 7.73. The van der Waals surface area contributed by atoms with Gasteiger partial charge in [-0.2, -0.15) is 13.2 Å². The average Bonchev–Trinajstić information content (AvgIpc) is 2.98. The van der Waals surface area contributed by atoms with E-state index in [9.17, 15) is 13.2 Å². The first-order valence-electron chi connectivity index (χ1n) is 6.91. The summed E-state index contributed by atoms with van der Waals surface area (Å²) in [7, 11) is 0. The Kier molecular flexibility index (Phi) is 4.47. The number of aromatic nitrogens is 6. The lowest BCUT2D eigenvalue weighted by molar-refractivity contribution is -0.141. The van der Waals surface area contributed by atoms with E-state index in [2.05, 4.69) is 25.4 Å². The van der Waals surface area contributed by atoms with Crippen LogP contribution in [0.5, 0.6) is 0 Å². The molecule has 6 nitrogen and oxygen atoms in total. The van der Waals surface area contributed by atoms with Crippen molar-refractivity contribution in [1.82, 2.24) is 29.9 Å². The van der Waals surface area contributed by atoms with Crippen LogP contribution in [-0.2, 0) is 12.7 Å². The first kappa shape index (κ1) is 16.4. The maximum Gasteiger partial charge on any atom is 0.435 e. The molecule has 0 aromatic carbocycles. The smallest absolute Gasteiger partial charge is 0.302 e. The van der Waals surface area contributed by atoms with Crippen LogP contribution in [0.4, 0.5) is 13.2 Å². The zero-order chi connectivity index (χ0) is 17.2. The van der Waals surface area contributed by atoms with Crippen LogP contribution < -0.4 is 0 Å². The Hall–Kier alpha value is -2.49. The molecule has 0 unspecified atom stereocenters. The zero-order valence-electron chi connectivity index (χ0n) is 12.4. The molecule has 3 aromatic heterocycles. The molecule has 0 spiro atoms. The van der Waals surface area contributed by atoms with Gasteiger partial charge >= 0.3 is 6.18 Å². The van der Waals surface area contributed by atoms with E-state index in [0.717, 1.165) is 23.4 Å². The second kappa shape index (κ2) is 6.56. The summed E-state index contributed by atoms with van der Waals surface area (Å²) in [6.07, 6.45) is -1.18. The van der Waals surface area contributed by atoms with Crippen molar-refractivity contribution in [3.8, 4) is 11.4 Å². The summed E-state index contributed by atoms with van der Waals surface area (Å²) in [6.45, 7) is 2.51. The predicted molar refractivity (Wildman–Crippen MR) is 80.1 cm³/mol. The van der Waals surface area contributed by atoms with Crippen molar-refractivity contribution in [3.63, 3.8) is 0 Å². The molecule has 0 aliphatic heterocycles. The Labute approximate surface area is 139 Å². The second-order valence-corrected chi connectivity index (χ2v) is 5.64. The normalized spacial score (nSPS) is 11.7. The van der Waals surface area contributed by atoms with Crippen LogP contribution >= 0.6 is 11.8 Å². The summed E-state index contributed by atoms with van der Waals surface area (Å²) in [5, 5.41) is 15.8. The molecule has 0 bridgehead atoms. The summed E-state index contributed by atoms with van der Waals surface area (Å²) in [6, 6.07) is 5.80. The van der Waals surface area contributed by atoms with Crippen molar-refractivity contribution in [2.75, 3.05) is 0 Å². The molecule has 10 heteroatoms. The fourth-order valence-corrected chi connectivity index (χ4v) is 2.79. The average molecular weight is 352 g/mol. The van der Waals surface area contributed by atoms with E-state index in [1.54, 1.807) is 18.5 Å². The van der Waals surface area contributed by atoms with Crippen molar-refractivity contribution in [2.45, 2.75) is 29.8 Å². The van der Waals surface area contributed by atoms with Gasteiger partial charge in [-0.05, 0) is 43.0 Å². The number of alkyl halides is 3. The van der Waals surface area contributed by atoms with Crippen LogP contribution in [-0.4, -0.2) is 29.9 Å². The van der Waals surface area contributed by atoms with Crippen molar-refractivity contribution in [2.24, 2.45) is 0 Å². The minimum Gasteiger partial charge on any atom is -0.302 e. The van der Waals surface area contributed by atoms with Crippen LogP contribution in [0.1, 0.15) is 12.6 Å². The van der Waals surface area contributed by atoms with Crippen LogP contribution in [0.25, 0.3) is 11.4 Å². The predicted octanol–water partition coefficient (Wildman–Crippen LogP) is 3.32.